The Morgan fingerprint density at radius 2 is 1.90 bits per heavy atom. The first kappa shape index (κ1) is 19.0. The molecule has 0 fully saturated rings. The van der Waals surface area contributed by atoms with E-state index >= 15 is 0 Å². The van der Waals surface area contributed by atoms with Crippen molar-refractivity contribution in [2.24, 2.45) is 0 Å². The van der Waals surface area contributed by atoms with Crippen LogP contribution in [0.1, 0.15) is 21.7 Å². The Morgan fingerprint density at radius 3 is 2.62 bits per heavy atom. The third-order valence-corrected chi connectivity index (χ3v) is 5.01. The Bertz CT molecular complexity index is 1220. The smallest absolute Gasteiger partial charge is 0.259 e. The first-order chi connectivity index (χ1) is 14.0. The lowest BCUT2D eigenvalue weighted by Crippen LogP contribution is -2.16. The summed E-state index contributed by atoms with van der Waals surface area (Å²) in [6.07, 6.45) is 1.57. The van der Waals surface area contributed by atoms with Gasteiger partial charge in [-0.25, -0.2) is 9.50 Å². The van der Waals surface area contributed by atoms with Gasteiger partial charge in [0.15, 0.2) is 5.65 Å². The fraction of sp³-hybridized carbons (Fsp3) is 0.136. The zero-order valence-corrected chi connectivity index (χ0v) is 17.0. The Balaban J connectivity index is 1.75. The van der Waals surface area contributed by atoms with Gasteiger partial charge in [0.1, 0.15) is 5.75 Å². The number of fused-ring (bicyclic) bond motifs is 1. The van der Waals surface area contributed by atoms with Crippen LogP contribution in [0.3, 0.4) is 0 Å². The van der Waals surface area contributed by atoms with Gasteiger partial charge in [-0.2, -0.15) is 5.10 Å². The lowest BCUT2D eigenvalue weighted by atomic mass is 10.1. The van der Waals surface area contributed by atoms with Gasteiger partial charge in [0.25, 0.3) is 5.91 Å². The molecule has 0 aliphatic heterocycles. The van der Waals surface area contributed by atoms with E-state index in [9.17, 15) is 4.79 Å². The van der Waals surface area contributed by atoms with Gasteiger partial charge in [-0.15, -0.1) is 0 Å². The van der Waals surface area contributed by atoms with Crippen molar-refractivity contribution in [2.75, 3.05) is 12.4 Å². The molecule has 0 bridgehead atoms. The van der Waals surface area contributed by atoms with Crippen molar-refractivity contribution in [1.29, 1.82) is 0 Å². The highest BCUT2D eigenvalue weighted by Crippen LogP contribution is 2.30. The molecule has 146 valence electrons. The highest BCUT2D eigenvalue weighted by molar-refractivity contribution is 6.31. The summed E-state index contributed by atoms with van der Waals surface area (Å²) in [4.78, 5) is 17.5. The number of hydrogen-bond donors (Lipinski definition) is 1. The van der Waals surface area contributed by atoms with E-state index in [1.807, 2.05) is 44.2 Å². The van der Waals surface area contributed by atoms with Crippen LogP contribution >= 0.6 is 11.6 Å². The predicted molar refractivity (Wildman–Crippen MR) is 114 cm³/mol. The zero-order valence-electron chi connectivity index (χ0n) is 16.2. The van der Waals surface area contributed by atoms with E-state index in [0.717, 1.165) is 16.8 Å². The highest BCUT2D eigenvalue weighted by Gasteiger charge is 2.19. The molecule has 2 aromatic carbocycles. The number of nitrogens with one attached hydrogen (secondary N) is 1. The number of aryl methyl sites for hydroxylation is 2. The Kier molecular flexibility index (Phi) is 4.94. The lowest BCUT2D eigenvalue weighted by molar-refractivity contribution is 0.102. The van der Waals surface area contributed by atoms with Gasteiger partial charge in [-0.1, -0.05) is 41.9 Å². The second-order valence-corrected chi connectivity index (χ2v) is 7.05. The summed E-state index contributed by atoms with van der Waals surface area (Å²) in [6, 6.07) is 15.0. The summed E-state index contributed by atoms with van der Waals surface area (Å²) < 4.78 is 7.01. The molecule has 0 aliphatic carbocycles. The van der Waals surface area contributed by atoms with Crippen LogP contribution in [0.4, 0.5) is 5.69 Å². The average molecular weight is 407 g/mol. The number of ether oxygens (including phenoxy) is 1. The quantitative estimate of drug-likeness (QED) is 0.522. The number of anilines is 1. The molecule has 0 spiro atoms. The number of halogens is 1. The Hall–Kier alpha value is -3.38. The number of rotatable bonds is 4. The fourth-order valence-corrected chi connectivity index (χ4v) is 3.51. The van der Waals surface area contributed by atoms with Gasteiger partial charge >= 0.3 is 0 Å². The van der Waals surface area contributed by atoms with Crippen molar-refractivity contribution in [3.05, 3.63) is 76.7 Å². The SMILES string of the molecule is COc1ccc(Cl)cc1NC(=O)c1cnc2c(-c3ccccc3)c(C)nn2c1C. The van der Waals surface area contributed by atoms with Crippen molar-refractivity contribution in [3.8, 4) is 16.9 Å². The third kappa shape index (κ3) is 3.43. The normalized spacial score (nSPS) is 10.9. The molecule has 7 heteroatoms. The molecule has 2 aromatic heterocycles. The van der Waals surface area contributed by atoms with Gasteiger partial charge in [-0.3, -0.25) is 4.79 Å². The van der Waals surface area contributed by atoms with Crippen molar-refractivity contribution >= 4 is 28.8 Å². The average Bonchev–Trinajstić information content (AvgIpc) is 3.06. The van der Waals surface area contributed by atoms with Gasteiger partial charge in [-0.05, 0) is 37.6 Å². The van der Waals surface area contributed by atoms with Crippen LogP contribution in [0.15, 0.2) is 54.7 Å². The van der Waals surface area contributed by atoms with Gasteiger partial charge < -0.3 is 10.1 Å². The Labute approximate surface area is 173 Å². The van der Waals surface area contributed by atoms with Crippen molar-refractivity contribution in [2.45, 2.75) is 13.8 Å². The van der Waals surface area contributed by atoms with Crippen LogP contribution in [0.25, 0.3) is 16.8 Å². The van der Waals surface area contributed by atoms with Gasteiger partial charge in [0.2, 0.25) is 0 Å². The lowest BCUT2D eigenvalue weighted by Gasteiger charge is -2.12. The van der Waals surface area contributed by atoms with Crippen molar-refractivity contribution in [3.63, 3.8) is 0 Å². The second-order valence-electron chi connectivity index (χ2n) is 6.62. The minimum absolute atomic E-state index is 0.313. The number of methoxy groups -OCH3 is 1. The van der Waals surface area contributed by atoms with Gasteiger partial charge in [0.05, 0.1) is 29.7 Å². The molecule has 0 saturated heterocycles. The fourth-order valence-electron chi connectivity index (χ4n) is 3.33. The number of hydrogen-bond acceptors (Lipinski definition) is 4. The molecular formula is C22H19ClN4O2. The number of aromatic nitrogens is 3. The van der Waals surface area contributed by atoms with E-state index in [0.29, 0.717) is 33.4 Å². The summed E-state index contributed by atoms with van der Waals surface area (Å²) in [5, 5.41) is 7.96. The third-order valence-electron chi connectivity index (χ3n) is 4.78. The molecule has 1 amide bonds. The topological polar surface area (TPSA) is 68.5 Å². The molecule has 0 unspecified atom stereocenters. The second kappa shape index (κ2) is 7.56. The summed E-state index contributed by atoms with van der Waals surface area (Å²) in [6.45, 7) is 3.78. The van der Waals surface area contributed by atoms with Crippen LogP contribution in [0, 0.1) is 13.8 Å². The number of carbonyl (C=O) groups is 1. The van der Waals surface area contributed by atoms with E-state index in [2.05, 4.69) is 15.4 Å². The van der Waals surface area contributed by atoms with Crippen LogP contribution in [0.5, 0.6) is 5.75 Å². The molecule has 29 heavy (non-hydrogen) atoms. The largest absolute Gasteiger partial charge is 0.495 e. The Morgan fingerprint density at radius 1 is 1.14 bits per heavy atom. The number of carbonyl (C=O) groups excluding carboxylic acids is 1. The van der Waals surface area contributed by atoms with Crippen LogP contribution < -0.4 is 10.1 Å². The minimum atomic E-state index is -0.313. The predicted octanol–water partition coefficient (Wildman–Crippen LogP) is 4.93. The zero-order chi connectivity index (χ0) is 20.5. The van der Waals surface area contributed by atoms with Gasteiger partial charge in [0, 0.05) is 16.8 Å². The maximum Gasteiger partial charge on any atom is 0.259 e. The van der Waals surface area contributed by atoms with Crippen LogP contribution in [-0.2, 0) is 0 Å². The maximum atomic E-state index is 12.9. The summed E-state index contributed by atoms with van der Waals surface area (Å²) >= 11 is 6.06. The molecule has 2 heterocycles. The molecule has 0 saturated carbocycles. The highest BCUT2D eigenvalue weighted by atomic mass is 35.5. The van der Waals surface area contributed by atoms with E-state index in [-0.39, 0.29) is 5.91 Å². The van der Waals surface area contributed by atoms with E-state index in [1.54, 1.807) is 28.9 Å². The van der Waals surface area contributed by atoms with Crippen molar-refractivity contribution < 1.29 is 9.53 Å². The van der Waals surface area contributed by atoms with Crippen molar-refractivity contribution in [1.82, 2.24) is 14.6 Å². The standard InChI is InChI=1S/C22H19ClN4O2/c1-13-20(15-7-5-4-6-8-15)21-24-12-17(14(2)27(21)26-13)22(28)25-18-11-16(23)9-10-19(18)29-3/h4-12H,1-3H3,(H,25,28). The van der Waals surface area contributed by atoms with E-state index < -0.39 is 0 Å². The first-order valence-corrected chi connectivity index (χ1v) is 9.42. The number of amides is 1. The van der Waals surface area contributed by atoms with E-state index in [4.69, 9.17) is 16.3 Å². The van der Waals surface area contributed by atoms with E-state index in [1.165, 1.54) is 7.11 Å². The van der Waals surface area contributed by atoms with Crippen LogP contribution in [0.2, 0.25) is 5.02 Å². The number of nitrogens with zero attached hydrogens (tertiary/aromatic N) is 3. The molecule has 4 rings (SSSR count). The molecule has 0 radical (unpaired) electrons. The molecule has 6 nitrogen and oxygen atoms in total. The summed E-state index contributed by atoms with van der Waals surface area (Å²) in [7, 11) is 1.54. The maximum absolute atomic E-state index is 12.9. The first-order valence-electron chi connectivity index (χ1n) is 9.05. The molecule has 4 aromatic rings. The molecule has 1 N–H and O–H groups in total. The molecular weight excluding hydrogens is 388 g/mol. The number of benzene rings is 2. The molecule has 0 atom stereocenters. The monoisotopic (exact) mass is 406 g/mol. The van der Waals surface area contributed by atoms with Crippen LogP contribution in [-0.4, -0.2) is 27.6 Å². The summed E-state index contributed by atoms with van der Waals surface area (Å²) in [5.74, 6) is 0.211. The minimum Gasteiger partial charge on any atom is -0.495 e. The summed E-state index contributed by atoms with van der Waals surface area (Å²) in [5.41, 5.74) is 5.15. The molecule has 0 aliphatic rings.